The van der Waals surface area contributed by atoms with Crippen molar-refractivity contribution in [2.24, 2.45) is 0 Å². The summed E-state index contributed by atoms with van der Waals surface area (Å²) >= 11 is 0. The molecule has 1 aliphatic heterocycles. The van der Waals surface area contributed by atoms with Gasteiger partial charge in [-0.05, 0) is 41.3 Å². The van der Waals surface area contributed by atoms with E-state index in [9.17, 15) is 24.3 Å². The molecule has 3 aromatic rings. The van der Waals surface area contributed by atoms with E-state index in [1.54, 1.807) is 30.3 Å². The summed E-state index contributed by atoms with van der Waals surface area (Å²) in [6.45, 7) is 0.212. The minimum Gasteiger partial charge on any atom is -0.480 e. The Morgan fingerprint density at radius 2 is 1.68 bits per heavy atom. The van der Waals surface area contributed by atoms with E-state index >= 15 is 0 Å². The Morgan fingerprint density at radius 1 is 0.971 bits per heavy atom. The third kappa shape index (κ3) is 5.23. The third-order valence-corrected chi connectivity index (χ3v) is 5.81. The highest BCUT2D eigenvalue weighted by Crippen LogP contribution is 2.20. The number of ether oxygens (including phenoxy) is 1. The minimum absolute atomic E-state index is 0.0859. The lowest BCUT2D eigenvalue weighted by Crippen LogP contribution is -2.53. The molecule has 1 fully saturated rings. The van der Waals surface area contributed by atoms with Gasteiger partial charge in [-0.15, -0.1) is 0 Å². The maximum atomic E-state index is 12.9. The SMILES string of the molecule is O=C(Oc1ccccc1)C(=O)N1CCC[C@H]1C(=O)N[C@@H](Cc1ccc2ccccc2c1)C(=O)O. The number of carboxylic acids is 1. The van der Waals surface area contributed by atoms with E-state index in [1.165, 1.54) is 0 Å². The molecule has 0 radical (unpaired) electrons. The second-order valence-corrected chi connectivity index (χ2v) is 8.14. The molecule has 2 amide bonds. The number of aliphatic carboxylic acids is 1. The molecule has 2 atom stereocenters. The summed E-state index contributed by atoms with van der Waals surface area (Å²) in [7, 11) is 0. The highest BCUT2D eigenvalue weighted by Gasteiger charge is 2.39. The number of carboxylic acid groups (broad SMARTS) is 1. The maximum Gasteiger partial charge on any atom is 0.402 e. The Morgan fingerprint density at radius 3 is 2.41 bits per heavy atom. The predicted octanol–water partition coefficient (Wildman–Crippen LogP) is 2.55. The molecule has 0 aliphatic carbocycles. The van der Waals surface area contributed by atoms with Gasteiger partial charge in [0.1, 0.15) is 17.8 Å². The molecule has 0 bridgehead atoms. The van der Waals surface area contributed by atoms with Crippen molar-refractivity contribution in [1.29, 1.82) is 0 Å². The highest BCUT2D eigenvalue weighted by molar-refractivity contribution is 6.33. The molecule has 1 saturated heterocycles. The van der Waals surface area contributed by atoms with Gasteiger partial charge in [0.05, 0.1) is 0 Å². The maximum absolute atomic E-state index is 12.9. The fourth-order valence-corrected chi connectivity index (χ4v) is 4.11. The fraction of sp³-hybridized carbons (Fsp3) is 0.231. The number of fused-ring (bicyclic) bond motifs is 1. The molecule has 3 aromatic carbocycles. The van der Waals surface area contributed by atoms with E-state index in [4.69, 9.17) is 4.74 Å². The number of carbonyl (C=O) groups excluding carboxylic acids is 3. The summed E-state index contributed by atoms with van der Waals surface area (Å²) in [6.07, 6.45) is 0.936. The van der Waals surface area contributed by atoms with Crippen LogP contribution in [0.3, 0.4) is 0 Å². The van der Waals surface area contributed by atoms with E-state index in [1.807, 2.05) is 42.5 Å². The van der Waals surface area contributed by atoms with Gasteiger partial charge in [-0.3, -0.25) is 9.59 Å². The number of amides is 2. The summed E-state index contributed by atoms with van der Waals surface area (Å²) in [5.41, 5.74) is 0.761. The Hall–Kier alpha value is -4.20. The summed E-state index contributed by atoms with van der Waals surface area (Å²) in [5, 5.41) is 14.2. The van der Waals surface area contributed by atoms with E-state index in [0.717, 1.165) is 21.2 Å². The molecule has 0 unspecified atom stereocenters. The van der Waals surface area contributed by atoms with Crippen LogP contribution < -0.4 is 10.1 Å². The molecule has 1 heterocycles. The largest absolute Gasteiger partial charge is 0.480 e. The molecule has 2 N–H and O–H groups in total. The van der Waals surface area contributed by atoms with Gasteiger partial charge >= 0.3 is 17.8 Å². The van der Waals surface area contributed by atoms with Gasteiger partial charge in [-0.25, -0.2) is 9.59 Å². The van der Waals surface area contributed by atoms with Crippen molar-refractivity contribution >= 4 is 34.5 Å². The molecule has 8 nitrogen and oxygen atoms in total. The normalized spacial score (nSPS) is 16.1. The topological polar surface area (TPSA) is 113 Å². The molecule has 34 heavy (non-hydrogen) atoms. The molecular weight excluding hydrogens is 436 g/mol. The van der Waals surface area contributed by atoms with Gasteiger partial charge in [0.15, 0.2) is 0 Å². The molecule has 0 spiro atoms. The van der Waals surface area contributed by atoms with Crippen LogP contribution in [0.25, 0.3) is 10.8 Å². The average Bonchev–Trinajstić information content (AvgIpc) is 3.33. The minimum atomic E-state index is -1.18. The molecule has 0 saturated carbocycles. The smallest absolute Gasteiger partial charge is 0.402 e. The van der Waals surface area contributed by atoms with E-state index in [2.05, 4.69) is 5.32 Å². The second-order valence-electron chi connectivity index (χ2n) is 8.14. The predicted molar refractivity (Wildman–Crippen MR) is 124 cm³/mol. The average molecular weight is 460 g/mol. The van der Waals surface area contributed by atoms with Crippen LogP contribution >= 0.6 is 0 Å². The Balaban J connectivity index is 1.42. The number of rotatable bonds is 6. The van der Waals surface area contributed by atoms with Crippen LogP contribution in [0.2, 0.25) is 0 Å². The van der Waals surface area contributed by atoms with Crippen molar-refractivity contribution in [3.8, 4) is 5.75 Å². The summed E-state index contributed by atoms with van der Waals surface area (Å²) in [5.74, 6) is -3.57. The number of likely N-dealkylation sites (tertiary alicyclic amines) is 1. The Labute approximate surface area is 196 Å². The molecule has 0 aromatic heterocycles. The van der Waals surface area contributed by atoms with Gasteiger partial charge in [0.25, 0.3) is 0 Å². The summed E-state index contributed by atoms with van der Waals surface area (Å²) < 4.78 is 5.09. The van der Waals surface area contributed by atoms with Crippen LogP contribution in [0.4, 0.5) is 0 Å². The first-order valence-corrected chi connectivity index (χ1v) is 11.0. The Kier molecular flexibility index (Phi) is 6.87. The number of hydrogen-bond donors (Lipinski definition) is 2. The van der Waals surface area contributed by atoms with Crippen LogP contribution in [0.5, 0.6) is 5.75 Å². The lowest BCUT2D eigenvalue weighted by molar-refractivity contribution is -0.156. The van der Waals surface area contributed by atoms with Crippen molar-refractivity contribution in [2.45, 2.75) is 31.3 Å². The van der Waals surface area contributed by atoms with Crippen molar-refractivity contribution in [2.75, 3.05) is 6.54 Å². The van der Waals surface area contributed by atoms with Crippen LogP contribution in [0.1, 0.15) is 18.4 Å². The fourth-order valence-electron chi connectivity index (χ4n) is 4.11. The first kappa shape index (κ1) is 23.0. The number of carbonyl (C=O) groups is 4. The van der Waals surface area contributed by atoms with Crippen LogP contribution in [0, 0.1) is 0 Å². The van der Waals surface area contributed by atoms with Gasteiger partial charge in [0.2, 0.25) is 5.91 Å². The van der Waals surface area contributed by atoms with Gasteiger partial charge in [0, 0.05) is 13.0 Å². The molecular formula is C26H24N2O6. The number of nitrogens with one attached hydrogen (secondary N) is 1. The first-order valence-electron chi connectivity index (χ1n) is 11.0. The highest BCUT2D eigenvalue weighted by atomic mass is 16.5. The van der Waals surface area contributed by atoms with Crippen LogP contribution in [-0.4, -0.2) is 52.4 Å². The van der Waals surface area contributed by atoms with Crippen molar-refractivity contribution < 1.29 is 29.0 Å². The van der Waals surface area contributed by atoms with Gasteiger partial charge in [-0.2, -0.15) is 0 Å². The van der Waals surface area contributed by atoms with E-state index in [-0.39, 0.29) is 18.7 Å². The number of hydrogen-bond acceptors (Lipinski definition) is 5. The van der Waals surface area contributed by atoms with Crippen molar-refractivity contribution in [1.82, 2.24) is 10.2 Å². The molecule has 1 aliphatic rings. The molecule has 174 valence electrons. The zero-order chi connectivity index (χ0) is 24.1. The number of nitrogens with zero attached hydrogens (tertiary/aromatic N) is 1. The van der Waals surface area contributed by atoms with Crippen molar-refractivity contribution in [3.05, 3.63) is 78.4 Å². The lowest BCUT2D eigenvalue weighted by atomic mass is 10.0. The summed E-state index contributed by atoms with van der Waals surface area (Å²) in [6, 6.07) is 19.4. The lowest BCUT2D eigenvalue weighted by Gasteiger charge is -2.24. The summed E-state index contributed by atoms with van der Waals surface area (Å²) in [4.78, 5) is 50.9. The van der Waals surface area contributed by atoms with Crippen molar-refractivity contribution in [3.63, 3.8) is 0 Å². The number of para-hydroxylation sites is 1. The van der Waals surface area contributed by atoms with Crippen LogP contribution in [0.15, 0.2) is 72.8 Å². The third-order valence-electron chi connectivity index (χ3n) is 5.81. The second kappa shape index (κ2) is 10.2. The number of esters is 1. The monoisotopic (exact) mass is 460 g/mol. The van der Waals surface area contributed by atoms with Crippen LogP contribution in [-0.2, 0) is 25.6 Å². The van der Waals surface area contributed by atoms with E-state index < -0.39 is 35.8 Å². The Bertz CT molecular complexity index is 1230. The molecule has 4 rings (SSSR count). The van der Waals surface area contributed by atoms with Gasteiger partial charge < -0.3 is 20.1 Å². The molecule has 8 heteroatoms. The van der Waals surface area contributed by atoms with E-state index in [0.29, 0.717) is 12.8 Å². The zero-order valence-corrected chi connectivity index (χ0v) is 18.3. The standard InChI is InChI=1S/C26H24N2O6/c29-23(22-11-6-14-28(22)24(30)26(33)34-20-9-2-1-3-10-20)27-21(25(31)32)16-17-12-13-18-7-4-5-8-19(18)15-17/h1-5,7-10,12-13,15,21-22H,6,11,14,16H2,(H,27,29)(H,31,32)/t21-,22-/m0/s1. The first-order chi connectivity index (χ1) is 16.4. The zero-order valence-electron chi connectivity index (χ0n) is 18.3. The number of benzene rings is 3. The van der Waals surface area contributed by atoms with Gasteiger partial charge in [-0.1, -0.05) is 60.7 Å². The quantitative estimate of drug-likeness (QED) is 0.332.